The molecule has 0 saturated carbocycles. The zero-order valence-electron chi connectivity index (χ0n) is 8.22. The van der Waals surface area contributed by atoms with Crippen molar-refractivity contribution < 1.29 is 9.59 Å². The number of rotatable bonds is 4. The summed E-state index contributed by atoms with van der Waals surface area (Å²) in [5.41, 5.74) is 0.610. The Kier molecular flexibility index (Phi) is 4.67. The van der Waals surface area contributed by atoms with Crippen LogP contribution in [0.3, 0.4) is 0 Å². The van der Waals surface area contributed by atoms with Gasteiger partial charge in [-0.15, -0.1) is 0 Å². The normalized spacial score (nSPS) is 10.1. The predicted molar refractivity (Wildman–Crippen MR) is 66.1 cm³/mol. The van der Waals surface area contributed by atoms with Crippen molar-refractivity contribution in [3.8, 4) is 0 Å². The summed E-state index contributed by atoms with van der Waals surface area (Å²) < 4.78 is 1.51. The quantitative estimate of drug-likeness (QED) is 0.786. The van der Waals surface area contributed by atoms with Gasteiger partial charge in [0.05, 0.1) is 0 Å². The smallest absolute Gasteiger partial charge is 0.165 e. The first-order valence-corrected chi connectivity index (χ1v) is 6.07. The summed E-state index contributed by atoms with van der Waals surface area (Å²) in [4.78, 5) is 22.6. The Hall–Kier alpha value is -0.480. The van der Waals surface area contributed by atoms with Gasteiger partial charge in [-0.2, -0.15) is 0 Å². The molecule has 0 bridgehead atoms. The molecule has 0 N–H and O–H groups in total. The van der Waals surface area contributed by atoms with Crippen molar-refractivity contribution in [2.24, 2.45) is 0 Å². The molecule has 80 valence electrons. The molecular formula is C11H10Br2O2. The number of ketones is 2. The minimum Gasteiger partial charge on any atom is -0.300 e. The second-order valence-electron chi connectivity index (χ2n) is 3.22. The number of carbonyl (C=O) groups excluding carboxylic acids is 2. The van der Waals surface area contributed by atoms with Crippen LogP contribution in [0.25, 0.3) is 0 Å². The zero-order valence-corrected chi connectivity index (χ0v) is 11.4. The van der Waals surface area contributed by atoms with Crippen molar-refractivity contribution in [3.63, 3.8) is 0 Å². The average Bonchev–Trinajstić information content (AvgIpc) is 2.14. The predicted octanol–water partition coefficient (Wildman–Crippen LogP) is 3.76. The number of Topliss-reactive ketones (excluding diaryl/α,β-unsaturated/α-hetero) is 2. The largest absolute Gasteiger partial charge is 0.300 e. The molecule has 0 atom stereocenters. The first-order chi connectivity index (χ1) is 7.02. The van der Waals surface area contributed by atoms with E-state index in [4.69, 9.17) is 0 Å². The standard InChI is InChI=1S/C11H10Br2O2/c1-7(14)5-6-10(15)11-8(12)3-2-4-9(11)13/h2-4H,5-6H2,1H3. The van der Waals surface area contributed by atoms with E-state index >= 15 is 0 Å². The van der Waals surface area contributed by atoms with Crippen molar-refractivity contribution in [2.45, 2.75) is 19.8 Å². The van der Waals surface area contributed by atoms with E-state index < -0.39 is 0 Å². The van der Waals surface area contributed by atoms with Crippen molar-refractivity contribution in [2.75, 3.05) is 0 Å². The Morgan fingerprint density at radius 3 is 2.13 bits per heavy atom. The lowest BCUT2D eigenvalue weighted by Gasteiger charge is -2.05. The second kappa shape index (κ2) is 5.56. The topological polar surface area (TPSA) is 34.1 Å². The molecule has 1 aromatic rings. The molecule has 15 heavy (non-hydrogen) atoms. The van der Waals surface area contributed by atoms with Crippen LogP contribution in [0.15, 0.2) is 27.1 Å². The summed E-state index contributed by atoms with van der Waals surface area (Å²) in [6.45, 7) is 1.49. The SMILES string of the molecule is CC(=O)CCC(=O)c1c(Br)cccc1Br. The Labute approximate surface area is 105 Å². The van der Waals surface area contributed by atoms with Crippen LogP contribution in [0.2, 0.25) is 0 Å². The molecule has 0 saturated heterocycles. The summed E-state index contributed by atoms with van der Waals surface area (Å²) in [6.07, 6.45) is 0.559. The average molecular weight is 334 g/mol. The number of hydrogen-bond acceptors (Lipinski definition) is 2. The third-order valence-electron chi connectivity index (χ3n) is 1.95. The maximum Gasteiger partial charge on any atom is 0.165 e. The van der Waals surface area contributed by atoms with Gasteiger partial charge < -0.3 is 4.79 Å². The van der Waals surface area contributed by atoms with E-state index in [9.17, 15) is 9.59 Å². The van der Waals surface area contributed by atoms with Gasteiger partial charge in [0.15, 0.2) is 5.78 Å². The van der Waals surface area contributed by atoms with Gasteiger partial charge >= 0.3 is 0 Å². The molecule has 0 aliphatic carbocycles. The third kappa shape index (κ3) is 3.54. The van der Waals surface area contributed by atoms with Crippen LogP contribution in [0, 0.1) is 0 Å². The monoisotopic (exact) mass is 332 g/mol. The number of halogens is 2. The van der Waals surface area contributed by atoms with Gasteiger partial charge in [-0.1, -0.05) is 37.9 Å². The molecular weight excluding hydrogens is 324 g/mol. The van der Waals surface area contributed by atoms with E-state index in [1.165, 1.54) is 6.92 Å². The fourth-order valence-electron chi connectivity index (χ4n) is 1.18. The van der Waals surface area contributed by atoms with Crippen LogP contribution in [-0.2, 0) is 4.79 Å². The molecule has 0 spiro atoms. The maximum atomic E-state index is 11.8. The Morgan fingerprint density at radius 2 is 1.67 bits per heavy atom. The Morgan fingerprint density at radius 1 is 1.13 bits per heavy atom. The first-order valence-electron chi connectivity index (χ1n) is 4.49. The summed E-state index contributed by atoms with van der Waals surface area (Å²) in [6, 6.07) is 5.47. The highest BCUT2D eigenvalue weighted by Crippen LogP contribution is 2.26. The molecule has 4 heteroatoms. The lowest BCUT2D eigenvalue weighted by atomic mass is 10.1. The molecule has 0 unspecified atom stereocenters. The van der Waals surface area contributed by atoms with Gasteiger partial charge in [-0.05, 0) is 19.1 Å². The molecule has 0 radical (unpaired) electrons. The summed E-state index contributed by atoms with van der Waals surface area (Å²) in [5, 5.41) is 0. The summed E-state index contributed by atoms with van der Waals surface area (Å²) in [7, 11) is 0. The molecule has 0 aliphatic heterocycles. The van der Waals surface area contributed by atoms with Crippen LogP contribution in [0.1, 0.15) is 30.1 Å². The van der Waals surface area contributed by atoms with Crippen LogP contribution in [0.4, 0.5) is 0 Å². The maximum absolute atomic E-state index is 11.8. The van der Waals surface area contributed by atoms with E-state index in [1.807, 2.05) is 18.2 Å². The van der Waals surface area contributed by atoms with Crippen LogP contribution in [0.5, 0.6) is 0 Å². The minimum atomic E-state index is -0.0236. The van der Waals surface area contributed by atoms with Gasteiger partial charge in [0.25, 0.3) is 0 Å². The van der Waals surface area contributed by atoms with Crippen LogP contribution < -0.4 is 0 Å². The van der Waals surface area contributed by atoms with E-state index in [2.05, 4.69) is 31.9 Å². The fraction of sp³-hybridized carbons (Fsp3) is 0.273. The van der Waals surface area contributed by atoms with Crippen LogP contribution >= 0.6 is 31.9 Å². The lowest BCUT2D eigenvalue weighted by Crippen LogP contribution is -2.04. The van der Waals surface area contributed by atoms with Crippen molar-refractivity contribution >= 4 is 43.4 Å². The number of benzene rings is 1. The zero-order chi connectivity index (χ0) is 11.4. The van der Waals surface area contributed by atoms with Gasteiger partial charge in [-0.25, -0.2) is 0 Å². The van der Waals surface area contributed by atoms with Gasteiger partial charge in [0, 0.05) is 27.4 Å². The van der Waals surface area contributed by atoms with Gasteiger partial charge in [0.2, 0.25) is 0 Å². The highest BCUT2D eigenvalue weighted by Gasteiger charge is 2.13. The lowest BCUT2D eigenvalue weighted by molar-refractivity contribution is -0.116. The van der Waals surface area contributed by atoms with E-state index in [0.29, 0.717) is 12.0 Å². The minimum absolute atomic E-state index is 0.0236. The van der Waals surface area contributed by atoms with E-state index in [1.54, 1.807) is 0 Å². The summed E-state index contributed by atoms with van der Waals surface area (Å²) >= 11 is 6.64. The molecule has 0 heterocycles. The molecule has 1 aromatic carbocycles. The Balaban J connectivity index is 2.86. The second-order valence-corrected chi connectivity index (χ2v) is 4.93. The van der Waals surface area contributed by atoms with Gasteiger partial charge in [-0.3, -0.25) is 4.79 Å². The van der Waals surface area contributed by atoms with Crippen molar-refractivity contribution in [1.82, 2.24) is 0 Å². The fourth-order valence-corrected chi connectivity index (χ4v) is 2.62. The molecule has 1 rings (SSSR count). The summed E-state index contributed by atoms with van der Waals surface area (Å²) in [5.74, 6) is 0.0103. The molecule has 0 amide bonds. The third-order valence-corrected chi connectivity index (χ3v) is 3.27. The molecule has 0 aromatic heterocycles. The highest BCUT2D eigenvalue weighted by atomic mass is 79.9. The first kappa shape index (κ1) is 12.6. The van der Waals surface area contributed by atoms with Crippen LogP contribution in [-0.4, -0.2) is 11.6 Å². The van der Waals surface area contributed by atoms with E-state index in [0.717, 1.165) is 8.95 Å². The molecule has 2 nitrogen and oxygen atoms in total. The Bertz CT molecular complexity index is 379. The van der Waals surface area contributed by atoms with E-state index in [-0.39, 0.29) is 18.0 Å². The van der Waals surface area contributed by atoms with Crippen molar-refractivity contribution in [1.29, 1.82) is 0 Å². The number of carbonyl (C=O) groups is 2. The number of hydrogen-bond donors (Lipinski definition) is 0. The van der Waals surface area contributed by atoms with Gasteiger partial charge in [0.1, 0.15) is 5.78 Å². The molecule has 0 fully saturated rings. The highest BCUT2D eigenvalue weighted by molar-refractivity contribution is 9.11. The van der Waals surface area contributed by atoms with Crippen molar-refractivity contribution in [3.05, 3.63) is 32.7 Å². The molecule has 0 aliphatic rings.